The number of nitrogen functional groups attached to an aromatic ring is 1. The summed E-state index contributed by atoms with van der Waals surface area (Å²) in [5.74, 6) is 9.12. The molecule has 110 valence electrons. The molecule has 20 heavy (non-hydrogen) atoms. The van der Waals surface area contributed by atoms with Crippen molar-refractivity contribution < 1.29 is 0 Å². The highest BCUT2D eigenvalue weighted by Crippen LogP contribution is 2.38. The van der Waals surface area contributed by atoms with E-state index in [1.54, 1.807) is 0 Å². The van der Waals surface area contributed by atoms with Crippen LogP contribution in [0.4, 0.5) is 11.6 Å². The number of hydrogen-bond donors (Lipinski definition) is 2. The number of aromatic nitrogens is 2. The molecule has 0 amide bonds. The molecule has 0 bridgehead atoms. The maximum atomic E-state index is 5.56. The van der Waals surface area contributed by atoms with E-state index in [2.05, 4.69) is 22.2 Å². The van der Waals surface area contributed by atoms with Crippen molar-refractivity contribution in [2.24, 2.45) is 11.8 Å². The van der Waals surface area contributed by atoms with Crippen molar-refractivity contribution in [3.63, 3.8) is 0 Å². The lowest BCUT2D eigenvalue weighted by Gasteiger charge is -2.38. The molecular weight excluding hydrogens is 250 g/mol. The molecule has 0 spiro atoms. The quantitative estimate of drug-likeness (QED) is 0.653. The molecule has 2 fully saturated rings. The summed E-state index contributed by atoms with van der Waals surface area (Å²) in [5, 5.41) is 0. The second-order valence-electron chi connectivity index (χ2n) is 6.02. The van der Waals surface area contributed by atoms with E-state index in [1.165, 1.54) is 32.1 Å². The summed E-state index contributed by atoms with van der Waals surface area (Å²) < 4.78 is 0. The van der Waals surface area contributed by atoms with Gasteiger partial charge in [-0.25, -0.2) is 15.8 Å². The minimum atomic E-state index is 0.679. The second-order valence-corrected chi connectivity index (χ2v) is 6.02. The fourth-order valence-electron chi connectivity index (χ4n) is 3.78. The maximum absolute atomic E-state index is 5.56. The first kappa shape index (κ1) is 13.6. The van der Waals surface area contributed by atoms with Crippen molar-refractivity contribution in [2.75, 3.05) is 16.9 Å². The zero-order chi connectivity index (χ0) is 13.9. The van der Waals surface area contributed by atoms with E-state index in [0.717, 1.165) is 42.8 Å². The normalized spacial score (nSPS) is 25.6. The van der Waals surface area contributed by atoms with Gasteiger partial charge in [0.25, 0.3) is 0 Å². The van der Waals surface area contributed by atoms with Gasteiger partial charge in [-0.15, -0.1) is 0 Å². The lowest BCUT2D eigenvalue weighted by Crippen LogP contribution is -2.43. The van der Waals surface area contributed by atoms with Gasteiger partial charge in [0, 0.05) is 25.1 Å². The molecule has 2 heterocycles. The van der Waals surface area contributed by atoms with Gasteiger partial charge in [-0.3, -0.25) is 0 Å². The van der Waals surface area contributed by atoms with E-state index < -0.39 is 0 Å². The summed E-state index contributed by atoms with van der Waals surface area (Å²) in [6.07, 6.45) is 8.68. The summed E-state index contributed by atoms with van der Waals surface area (Å²) >= 11 is 0. The number of nitrogens with one attached hydrogen (secondary N) is 1. The highest BCUT2D eigenvalue weighted by atomic mass is 15.3. The van der Waals surface area contributed by atoms with E-state index in [9.17, 15) is 0 Å². The predicted molar refractivity (Wildman–Crippen MR) is 81.5 cm³/mol. The number of hydrazine groups is 1. The van der Waals surface area contributed by atoms with Crippen LogP contribution in [0.15, 0.2) is 6.07 Å². The summed E-state index contributed by atoms with van der Waals surface area (Å²) in [6.45, 7) is 3.27. The van der Waals surface area contributed by atoms with Crippen LogP contribution in [-0.2, 0) is 6.42 Å². The molecule has 2 aliphatic rings. The van der Waals surface area contributed by atoms with Gasteiger partial charge in [-0.2, -0.15) is 0 Å². The number of piperidine rings is 1. The van der Waals surface area contributed by atoms with Crippen LogP contribution in [0.25, 0.3) is 0 Å². The number of fused-ring (bicyclic) bond motifs is 1. The average Bonchev–Trinajstić information content (AvgIpc) is 2.95. The van der Waals surface area contributed by atoms with Crippen LogP contribution in [0.3, 0.4) is 0 Å². The zero-order valence-corrected chi connectivity index (χ0v) is 12.3. The number of nitrogens with two attached hydrogens (primary N) is 1. The Balaban J connectivity index is 1.89. The third-order valence-corrected chi connectivity index (χ3v) is 4.67. The summed E-state index contributed by atoms with van der Waals surface area (Å²) in [7, 11) is 0. The first-order valence-electron chi connectivity index (χ1n) is 7.93. The predicted octanol–water partition coefficient (Wildman–Crippen LogP) is 2.48. The first-order valence-corrected chi connectivity index (χ1v) is 7.93. The average molecular weight is 275 g/mol. The fourth-order valence-corrected chi connectivity index (χ4v) is 3.78. The van der Waals surface area contributed by atoms with Crippen LogP contribution >= 0.6 is 0 Å². The molecule has 1 saturated carbocycles. The van der Waals surface area contributed by atoms with Crippen LogP contribution in [0, 0.1) is 5.92 Å². The van der Waals surface area contributed by atoms with E-state index in [1.807, 2.05) is 6.07 Å². The molecular formula is C15H25N5. The van der Waals surface area contributed by atoms with Gasteiger partial charge in [0.15, 0.2) is 0 Å². The Morgan fingerprint density at radius 1 is 1.30 bits per heavy atom. The summed E-state index contributed by atoms with van der Waals surface area (Å²) in [6, 6.07) is 2.68. The third-order valence-electron chi connectivity index (χ3n) is 4.67. The topological polar surface area (TPSA) is 67.1 Å². The number of nitrogens with zero attached hydrogens (tertiary/aromatic N) is 3. The minimum absolute atomic E-state index is 0.679. The van der Waals surface area contributed by atoms with Crippen molar-refractivity contribution in [1.29, 1.82) is 0 Å². The lowest BCUT2D eigenvalue weighted by molar-refractivity contribution is 0.360. The number of anilines is 2. The molecule has 1 aromatic heterocycles. The first-order chi connectivity index (χ1) is 9.81. The van der Waals surface area contributed by atoms with Crippen molar-refractivity contribution >= 4 is 11.6 Å². The Labute approximate surface area is 120 Å². The number of rotatable bonds is 4. The monoisotopic (exact) mass is 275 g/mol. The molecule has 0 aromatic carbocycles. The van der Waals surface area contributed by atoms with Gasteiger partial charge in [-0.1, -0.05) is 13.3 Å². The van der Waals surface area contributed by atoms with Crippen LogP contribution < -0.4 is 16.2 Å². The maximum Gasteiger partial charge on any atom is 0.145 e. The summed E-state index contributed by atoms with van der Waals surface area (Å²) in [5.41, 5.74) is 2.69. The van der Waals surface area contributed by atoms with Crippen LogP contribution in [-0.4, -0.2) is 22.6 Å². The van der Waals surface area contributed by atoms with E-state index in [4.69, 9.17) is 10.8 Å². The second kappa shape index (κ2) is 5.95. The molecule has 2 atom stereocenters. The Bertz CT molecular complexity index is 462. The Morgan fingerprint density at radius 2 is 2.15 bits per heavy atom. The van der Waals surface area contributed by atoms with Gasteiger partial charge in [0.2, 0.25) is 0 Å². The lowest BCUT2D eigenvalue weighted by atomic mass is 9.92. The molecule has 5 nitrogen and oxygen atoms in total. The highest BCUT2D eigenvalue weighted by Gasteiger charge is 2.35. The van der Waals surface area contributed by atoms with Gasteiger partial charge >= 0.3 is 0 Å². The van der Waals surface area contributed by atoms with Gasteiger partial charge in [0.05, 0.1) is 0 Å². The van der Waals surface area contributed by atoms with Crippen LogP contribution in [0.1, 0.15) is 51.3 Å². The largest absolute Gasteiger partial charge is 0.353 e. The fraction of sp³-hybridized carbons (Fsp3) is 0.733. The molecule has 1 aromatic rings. The Hall–Kier alpha value is -1.36. The van der Waals surface area contributed by atoms with Crippen molar-refractivity contribution in [1.82, 2.24) is 9.97 Å². The minimum Gasteiger partial charge on any atom is -0.353 e. The van der Waals surface area contributed by atoms with Crippen molar-refractivity contribution in [2.45, 2.75) is 57.9 Å². The number of hydrogen-bond acceptors (Lipinski definition) is 5. The summed E-state index contributed by atoms with van der Waals surface area (Å²) in [4.78, 5) is 11.7. The number of aryl methyl sites for hydroxylation is 1. The highest BCUT2D eigenvalue weighted by molar-refractivity contribution is 5.50. The van der Waals surface area contributed by atoms with Gasteiger partial charge in [-0.05, 0) is 38.0 Å². The molecule has 0 radical (unpaired) electrons. The molecule has 1 aliphatic carbocycles. The van der Waals surface area contributed by atoms with Crippen molar-refractivity contribution in [3.8, 4) is 0 Å². The van der Waals surface area contributed by atoms with Crippen LogP contribution in [0.2, 0.25) is 0 Å². The molecule has 2 unspecified atom stereocenters. The Kier molecular flexibility index (Phi) is 4.05. The molecule has 5 heteroatoms. The third kappa shape index (κ3) is 2.59. The van der Waals surface area contributed by atoms with Crippen LogP contribution in [0.5, 0.6) is 0 Å². The van der Waals surface area contributed by atoms with E-state index >= 15 is 0 Å². The SMILES string of the molecule is CCCc1nc(NN)cc(N2CCCC3CCCC32)n1. The molecule has 1 saturated heterocycles. The Morgan fingerprint density at radius 3 is 2.95 bits per heavy atom. The molecule has 1 aliphatic heterocycles. The van der Waals surface area contributed by atoms with Gasteiger partial charge < -0.3 is 10.3 Å². The van der Waals surface area contributed by atoms with E-state index in [0.29, 0.717) is 6.04 Å². The van der Waals surface area contributed by atoms with Gasteiger partial charge in [0.1, 0.15) is 17.5 Å². The molecule has 3 rings (SSSR count). The zero-order valence-electron chi connectivity index (χ0n) is 12.3. The standard InChI is InChI=1S/C15H25N5/c1-2-5-13-17-14(19-16)10-15(18-13)20-9-4-7-11-6-3-8-12(11)20/h10-12H,2-9,16H2,1H3,(H,17,18,19). The molecule has 3 N–H and O–H groups in total. The van der Waals surface area contributed by atoms with Crippen molar-refractivity contribution in [3.05, 3.63) is 11.9 Å². The van der Waals surface area contributed by atoms with E-state index in [-0.39, 0.29) is 0 Å². The smallest absolute Gasteiger partial charge is 0.145 e.